The fraction of sp³-hybridized carbons (Fsp3) is 0.278. The van der Waals surface area contributed by atoms with Gasteiger partial charge in [-0.15, -0.1) is 0 Å². The molecule has 1 aromatic heterocycles. The highest BCUT2D eigenvalue weighted by Crippen LogP contribution is 2.32. The van der Waals surface area contributed by atoms with E-state index >= 15 is 0 Å². The van der Waals surface area contributed by atoms with Gasteiger partial charge in [-0.2, -0.15) is 0 Å². The third-order valence-corrected chi connectivity index (χ3v) is 3.88. The summed E-state index contributed by atoms with van der Waals surface area (Å²) in [6.07, 6.45) is 0.313. The van der Waals surface area contributed by atoms with Crippen LogP contribution in [0.4, 0.5) is 27.8 Å². The van der Waals surface area contributed by atoms with Gasteiger partial charge in [0.15, 0.2) is 0 Å². The van der Waals surface area contributed by atoms with Crippen LogP contribution < -0.4 is 16.4 Å². The zero-order chi connectivity index (χ0) is 21.2. The van der Waals surface area contributed by atoms with Crippen molar-refractivity contribution in [3.05, 3.63) is 52.1 Å². The Morgan fingerprint density at radius 3 is 2.72 bits per heavy atom. The lowest BCUT2D eigenvalue weighted by molar-refractivity contribution is -0.383. The number of hydrogen-bond donors (Lipinski definition) is 4. The maximum atomic E-state index is 11.6. The minimum atomic E-state index is -0.764. The number of oxime groups is 1. The molecular weight excluding hydrogens is 380 g/mol. The summed E-state index contributed by atoms with van der Waals surface area (Å²) in [5, 5.41) is 29.0. The maximum absolute atomic E-state index is 11.6. The topological polar surface area (TPSA) is 165 Å². The van der Waals surface area contributed by atoms with Crippen LogP contribution in [-0.4, -0.2) is 40.1 Å². The van der Waals surface area contributed by atoms with Crippen molar-refractivity contribution < 1.29 is 19.7 Å². The quantitative estimate of drug-likeness (QED) is 0.215. The molecule has 0 unspecified atom stereocenters. The van der Waals surface area contributed by atoms with E-state index < -0.39 is 16.7 Å². The van der Waals surface area contributed by atoms with E-state index in [2.05, 4.69) is 20.8 Å². The van der Waals surface area contributed by atoms with E-state index in [1.54, 1.807) is 6.92 Å². The van der Waals surface area contributed by atoms with Crippen LogP contribution in [0, 0.1) is 10.1 Å². The van der Waals surface area contributed by atoms with Crippen LogP contribution in [-0.2, 0) is 11.2 Å². The summed E-state index contributed by atoms with van der Waals surface area (Å²) >= 11 is 0. The van der Waals surface area contributed by atoms with Crippen molar-refractivity contribution in [1.82, 2.24) is 4.98 Å². The molecule has 1 heterocycles. The van der Waals surface area contributed by atoms with Gasteiger partial charge in [0.1, 0.15) is 11.5 Å². The van der Waals surface area contributed by atoms with E-state index in [1.165, 1.54) is 6.07 Å². The molecule has 0 saturated heterocycles. The van der Waals surface area contributed by atoms with Crippen molar-refractivity contribution >= 4 is 34.8 Å². The van der Waals surface area contributed by atoms with E-state index in [1.807, 2.05) is 30.3 Å². The lowest BCUT2D eigenvalue weighted by atomic mass is 10.1. The standard InChI is InChI=1S/C18H22N6O5/c1-2-29-18(25)22-15-10-14(16(24(27)28)17(19)21-15)20-11-13(23-26)9-8-12-6-4-3-5-7-12/h3-7,10,26H,2,8-9,11H2,1H3,(H4,19,20,21,22,25)/b23-13-. The van der Waals surface area contributed by atoms with Crippen LogP contribution in [0.3, 0.4) is 0 Å². The van der Waals surface area contributed by atoms with E-state index in [-0.39, 0.29) is 30.5 Å². The Kier molecular flexibility index (Phi) is 7.71. The summed E-state index contributed by atoms with van der Waals surface area (Å²) in [5.41, 5.74) is 6.71. The number of amides is 1. The molecule has 0 aliphatic heterocycles. The lowest BCUT2D eigenvalue weighted by Crippen LogP contribution is -2.18. The Labute approximate surface area is 166 Å². The minimum Gasteiger partial charge on any atom is -0.450 e. The van der Waals surface area contributed by atoms with Crippen molar-refractivity contribution in [2.45, 2.75) is 19.8 Å². The molecule has 0 saturated carbocycles. The third-order valence-electron chi connectivity index (χ3n) is 3.88. The second-order valence-electron chi connectivity index (χ2n) is 5.90. The number of nitrogen functional groups attached to an aromatic ring is 1. The van der Waals surface area contributed by atoms with Gasteiger partial charge < -0.3 is 21.0 Å². The van der Waals surface area contributed by atoms with Crippen LogP contribution >= 0.6 is 0 Å². The van der Waals surface area contributed by atoms with Gasteiger partial charge >= 0.3 is 11.8 Å². The number of nitrogens with one attached hydrogen (secondary N) is 2. The third kappa shape index (κ3) is 6.34. The number of carbonyl (C=O) groups excluding carboxylic acids is 1. The first-order valence-electron chi connectivity index (χ1n) is 8.80. The number of nitrogens with zero attached hydrogens (tertiary/aromatic N) is 3. The van der Waals surface area contributed by atoms with Gasteiger partial charge in [0.2, 0.25) is 5.82 Å². The second kappa shape index (κ2) is 10.4. The largest absolute Gasteiger partial charge is 0.450 e. The number of ether oxygens (including phenoxy) is 1. The predicted molar refractivity (Wildman–Crippen MR) is 108 cm³/mol. The Bertz CT molecular complexity index is 888. The zero-order valence-corrected chi connectivity index (χ0v) is 15.8. The molecule has 0 fully saturated rings. The molecule has 0 spiro atoms. The highest BCUT2D eigenvalue weighted by Gasteiger charge is 2.22. The van der Waals surface area contributed by atoms with Crippen LogP contribution in [0.1, 0.15) is 18.9 Å². The van der Waals surface area contributed by atoms with Gasteiger partial charge in [-0.1, -0.05) is 35.5 Å². The van der Waals surface area contributed by atoms with Crippen molar-refractivity contribution in [1.29, 1.82) is 0 Å². The molecule has 0 atom stereocenters. The van der Waals surface area contributed by atoms with E-state index in [9.17, 15) is 20.1 Å². The van der Waals surface area contributed by atoms with Crippen molar-refractivity contribution in [2.75, 3.05) is 29.5 Å². The molecular formula is C18H22N6O5. The van der Waals surface area contributed by atoms with Crippen LogP contribution in [0.15, 0.2) is 41.6 Å². The summed E-state index contributed by atoms with van der Waals surface area (Å²) in [6, 6.07) is 10.9. The van der Waals surface area contributed by atoms with Gasteiger partial charge in [0.25, 0.3) is 0 Å². The molecule has 0 aliphatic carbocycles. The fourth-order valence-corrected chi connectivity index (χ4v) is 2.52. The normalized spacial score (nSPS) is 11.0. The van der Waals surface area contributed by atoms with Gasteiger partial charge in [-0.3, -0.25) is 15.4 Å². The number of aryl methyl sites for hydroxylation is 1. The highest BCUT2D eigenvalue weighted by atomic mass is 16.6. The molecule has 5 N–H and O–H groups in total. The Balaban J connectivity index is 2.12. The molecule has 1 amide bonds. The number of hydrogen-bond acceptors (Lipinski definition) is 9. The number of nitrogens with two attached hydrogens (primary N) is 1. The first-order chi connectivity index (χ1) is 13.9. The monoisotopic (exact) mass is 402 g/mol. The predicted octanol–water partition coefficient (Wildman–Crippen LogP) is 3.02. The van der Waals surface area contributed by atoms with Crippen molar-refractivity contribution in [3.8, 4) is 0 Å². The molecule has 2 rings (SSSR count). The van der Waals surface area contributed by atoms with Crippen LogP contribution in [0.5, 0.6) is 0 Å². The van der Waals surface area contributed by atoms with Gasteiger partial charge in [0, 0.05) is 6.07 Å². The highest BCUT2D eigenvalue weighted by molar-refractivity contribution is 5.90. The van der Waals surface area contributed by atoms with Gasteiger partial charge in [-0.05, 0) is 25.3 Å². The Hall–Kier alpha value is -3.89. The average Bonchev–Trinajstić information content (AvgIpc) is 2.68. The van der Waals surface area contributed by atoms with Crippen molar-refractivity contribution in [3.63, 3.8) is 0 Å². The number of benzene rings is 1. The Morgan fingerprint density at radius 2 is 2.10 bits per heavy atom. The second-order valence-corrected chi connectivity index (χ2v) is 5.90. The van der Waals surface area contributed by atoms with Crippen molar-refractivity contribution in [2.24, 2.45) is 5.16 Å². The fourth-order valence-electron chi connectivity index (χ4n) is 2.52. The van der Waals surface area contributed by atoms with E-state index in [0.717, 1.165) is 5.56 Å². The summed E-state index contributed by atoms with van der Waals surface area (Å²) in [7, 11) is 0. The molecule has 0 radical (unpaired) electrons. The molecule has 29 heavy (non-hydrogen) atoms. The lowest BCUT2D eigenvalue weighted by Gasteiger charge is -2.12. The molecule has 0 bridgehead atoms. The summed E-state index contributed by atoms with van der Waals surface area (Å²) in [6.45, 7) is 1.82. The van der Waals surface area contributed by atoms with E-state index in [0.29, 0.717) is 18.6 Å². The smallest absolute Gasteiger partial charge is 0.412 e. The SMILES string of the molecule is CCOC(=O)Nc1cc(NC/C(CCc2ccccc2)=N\O)c([N+](=O)[O-])c(N)n1. The van der Waals surface area contributed by atoms with Crippen LogP contribution in [0.25, 0.3) is 0 Å². The molecule has 154 valence electrons. The van der Waals surface area contributed by atoms with Crippen LogP contribution in [0.2, 0.25) is 0 Å². The zero-order valence-electron chi connectivity index (χ0n) is 15.8. The number of aromatic nitrogens is 1. The molecule has 11 heteroatoms. The number of rotatable bonds is 9. The number of anilines is 3. The first-order valence-corrected chi connectivity index (χ1v) is 8.80. The summed E-state index contributed by atoms with van der Waals surface area (Å²) < 4.78 is 4.76. The average molecular weight is 402 g/mol. The van der Waals surface area contributed by atoms with Gasteiger partial charge in [0.05, 0.1) is 23.8 Å². The summed E-state index contributed by atoms with van der Waals surface area (Å²) in [4.78, 5) is 26.0. The number of carbonyl (C=O) groups is 1. The first kappa shape index (κ1) is 21.4. The Morgan fingerprint density at radius 1 is 1.38 bits per heavy atom. The number of nitro groups is 1. The van der Waals surface area contributed by atoms with E-state index in [4.69, 9.17) is 10.5 Å². The minimum absolute atomic E-state index is 0.0131. The molecule has 11 nitrogen and oxygen atoms in total. The summed E-state index contributed by atoms with van der Waals surface area (Å²) in [5.74, 6) is -0.389. The maximum Gasteiger partial charge on any atom is 0.412 e. The number of pyridine rings is 1. The molecule has 1 aromatic carbocycles. The molecule has 2 aromatic rings. The molecule has 0 aliphatic rings. The van der Waals surface area contributed by atoms with Gasteiger partial charge in [-0.25, -0.2) is 9.78 Å².